The van der Waals surface area contributed by atoms with E-state index in [1.165, 1.54) is 53.6 Å². The molecular weight excluding hydrogens is 550 g/mol. The number of sulfonamides is 1. The van der Waals surface area contributed by atoms with E-state index in [1.807, 2.05) is 13.8 Å². The number of aromatic nitrogens is 1. The Labute approximate surface area is 229 Å². The molecule has 4 rings (SSSR count). The molecule has 214 valence electrons. The molecule has 0 spiro atoms. The zero-order chi connectivity index (χ0) is 29.2. The lowest BCUT2D eigenvalue weighted by molar-refractivity contribution is -0.138. The lowest BCUT2D eigenvalue weighted by Crippen LogP contribution is -2.53. The SMILES string of the molecule is CC(C)CC(NC(=O)c1ccc(OC(F)F)cc1)C(=O)N1CCC2C1C(=O)CN2S(=O)(=O)C(=O)c1ccccn1. The van der Waals surface area contributed by atoms with E-state index in [4.69, 9.17) is 0 Å². The molecule has 2 saturated heterocycles. The van der Waals surface area contributed by atoms with Gasteiger partial charge in [0.25, 0.3) is 15.9 Å². The first-order valence-corrected chi connectivity index (χ1v) is 14.0. The second-order valence-electron chi connectivity index (χ2n) is 9.91. The number of nitrogens with zero attached hydrogens (tertiary/aromatic N) is 3. The van der Waals surface area contributed by atoms with E-state index >= 15 is 0 Å². The molecule has 2 fully saturated rings. The number of ether oxygens (including phenoxy) is 1. The first kappa shape index (κ1) is 29.2. The quantitative estimate of drug-likeness (QED) is 0.475. The zero-order valence-electron chi connectivity index (χ0n) is 21.7. The largest absolute Gasteiger partial charge is 0.435 e. The van der Waals surface area contributed by atoms with Crippen molar-refractivity contribution in [3.8, 4) is 5.75 Å². The molecule has 0 saturated carbocycles. The molecule has 1 aromatic heterocycles. The fourth-order valence-corrected chi connectivity index (χ4v) is 6.46. The average Bonchev–Trinajstić information content (AvgIpc) is 3.49. The number of carbonyl (C=O) groups is 4. The maximum Gasteiger partial charge on any atom is 0.387 e. The van der Waals surface area contributed by atoms with Gasteiger partial charge in [0.05, 0.1) is 12.6 Å². The van der Waals surface area contributed by atoms with Crippen molar-refractivity contribution in [3.63, 3.8) is 0 Å². The van der Waals surface area contributed by atoms with E-state index in [2.05, 4.69) is 15.0 Å². The minimum absolute atomic E-state index is 0.0402. The first-order valence-electron chi connectivity index (χ1n) is 12.6. The van der Waals surface area contributed by atoms with Crippen molar-refractivity contribution in [1.29, 1.82) is 0 Å². The zero-order valence-corrected chi connectivity index (χ0v) is 22.5. The Kier molecular flexibility index (Phi) is 8.59. The Bertz CT molecular complexity index is 1390. The number of likely N-dealkylation sites (tertiary alicyclic amines) is 1. The van der Waals surface area contributed by atoms with Gasteiger partial charge in [-0.05, 0) is 55.2 Å². The molecular formula is C26H28F2N4O7S. The van der Waals surface area contributed by atoms with Gasteiger partial charge in [-0.15, -0.1) is 0 Å². The first-order chi connectivity index (χ1) is 18.9. The van der Waals surface area contributed by atoms with Gasteiger partial charge in [0.15, 0.2) is 5.78 Å². The second kappa shape index (κ2) is 11.8. The summed E-state index contributed by atoms with van der Waals surface area (Å²) in [5, 5.41) is 1.42. The monoisotopic (exact) mass is 578 g/mol. The van der Waals surface area contributed by atoms with Gasteiger partial charge in [-0.25, -0.2) is 8.42 Å². The van der Waals surface area contributed by atoms with E-state index in [9.17, 15) is 36.4 Å². The fourth-order valence-electron chi connectivity index (χ4n) is 4.99. The molecule has 2 amide bonds. The third-order valence-corrected chi connectivity index (χ3v) is 8.42. The highest BCUT2D eigenvalue weighted by atomic mass is 32.2. The third-order valence-electron chi connectivity index (χ3n) is 6.73. The van der Waals surface area contributed by atoms with E-state index in [0.29, 0.717) is 0 Å². The number of rotatable bonds is 9. The molecule has 2 aromatic rings. The highest BCUT2D eigenvalue weighted by molar-refractivity contribution is 8.04. The van der Waals surface area contributed by atoms with Crippen molar-refractivity contribution in [3.05, 3.63) is 59.9 Å². The summed E-state index contributed by atoms with van der Waals surface area (Å²) < 4.78 is 56.2. The molecule has 1 aromatic carbocycles. The standard InChI is InChI=1S/C26H28F2N4O7S/c1-15(2)13-19(30-23(34)16-6-8-17(9-7-16)39-26(27)28)24(35)31-12-10-20-22(31)21(33)14-32(20)40(37,38)25(36)18-5-3-4-11-29-18/h3-9,11,15,19-20,22,26H,10,12-14H2,1-2H3,(H,30,34). The number of carbonyl (C=O) groups excluding carboxylic acids is 4. The maximum atomic E-state index is 13.6. The summed E-state index contributed by atoms with van der Waals surface area (Å²) in [7, 11) is -4.59. The van der Waals surface area contributed by atoms with E-state index in [-0.39, 0.29) is 42.3 Å². The number of ketones is 1. The molecule has 3 atom stereocenters. The molecule has 1 N–H and O–H groups in total. The van der Waals surface area contributed by atoms with Crippen molar-refractivity contribution in [2.24, 2.45) is 5.92 Å². The van der Waals surface area contributed by atoms with Gasteiger partial charge in [0.1, 0.15) is 23.5 Å². The van der Waals surface area contributed by atoms with Gasteiger partial charge in [-0.3, -0.25) is 24.2 Å². The number of pyridine rings is 1. The Morgan fingerprint density at radius 3 is 2.42 bits per heavy atom. The molecule has 0 aliphatic carbocycles. The van der Waals surface area contributed by atoms with Crippen LogP contribution in [0.5, 0.6) is 5.75 Å². The van der Waals surface area contributed by atoms with Crippen molar-refractivity contribution < 1.29 is 41.1 Å². The Morgan fingerprint density at radius 1 is 1.12 bits per heavy atom. The predicted molar refractivity (Wildman–Crippen MR) is 137 cm³/mol. The number of fused-ring (bicyclic) bond motifs is 1. The lowest BCUT2D eigenvalue weighted by Gasteiger charge is -2.29. The van der Waals surface area contributed by atoms with Crippen LogP contribution in [0.25, 0.3) is 0 Å². The van der Waals surface area contributed by atoms with Crippen LogP contribution in [0.4, 0.5) is 8.78 Å². The van der Waals surface area contributed by atoms with Crippen LogP contribution < -0.4 is 10.1 Å². The Hall–Kier alpha value is -3.78. The van der Waals surface area contributed by atoms with Crippen LogP contribution in [0.2, 0.25) is 0 Å². The normalized spacial score (nSPS) is 20.1. The molecule has 0 bridgehead atoms. The average molecular weight is 579 g/mol. The Balaban J connectivity index is 1.51. The minimum atomic E-state index is -4.59. The van der Waals surface area contributed by atoms with E-state index < -0.39 is 64.0 Å². The van der Waals surface area contributed by atoms with Crippen LogP contribution in [0, 0.1) is 5.92 Å². The van der Waals surface area contributed by atoms with Crippen LogP contribution >= 0.6 is 0 Å². The van der Waals surface area contributed by atoms with Gasteiger partial charge in [-0.2, -0.15) is 13.1 Å². The van der Waals surface area contributed by atoms with Crippen LogP contribution in [0.1, 0.15) is 47.5 Å². The number of hydrogen-bond donors (Lipinski definition) is 1. The molecule has 0 radical (unpaired) electrons. The molecule has 2 aliphatic heterocycles. The van der Waals surface area contributed by atoms with Crippen molar-refractivity contribution >= 4 is 32.7 Å². The number of benzene rings is 1. The number of hydrogen-bond acceptors (Lipinski definition) is 8. The molecule has 3 unspecified atom stereocenters. The summed E-state index contributed by atoms with van der Waals surface area (Å²) in [5.41, 5.74) is -0.178. The number of halogens is 2. The summed E-state index contributed by atoms with van der Waals surface area (Å²) in [6, 6.07) is 6.14. The summed E-state index contributed by atoms with van der Waals surface area (Å²) in [6.07, 6.45) is 1.63. The lowest BCUT2D eigenvalue weighted by atomic mass is 10.0. The smallest absolute Gasteiger partial charge is 0.387 e. The summed E-state index contributed by atoms with van der Waals surface area (Å²) in [5.74, 6) is -1.90. The van der Waals surface area contributed by atoms with Crippen LogP contribution in [0.15, 0.2) is 48.7 Å². The van der Waals surface area contributed by atoms with Gasteiger partial charge in [0, 0.05) is 18.3 Å². The molecule has 14 heteroatoms. The number of nitrogens with one attached hydrogen (secondary N) is 1. The molecule has 3 heterocycles. The topological polar surface area (TPSA) is 143 Å². The maximum absolute atomic E-state index is 13.6. The van der Waals surface area contributed by atoms with E-state index in [0.717, 1.165) is 4.31 Å². The van der Waals surface area contributed by atoms with Crippen LogP contribution in [-0.4, -0.2) is 83.1 Å². The number of alkyl halides is 2. The second-order valence-corrected chi connectivity index (χ2v) is 11.7. The molecule has 40 heavy (non-hydrogen) atoms. The third kappa shape index (κ3) is 6.02. The van der Waals surface area contributed by atoms with Gasteiger partial charge >= 0.3 is 11.7 Å². The van der Waals surface area contributed by atoms with Gasteiger partial charge in [-0.1, -0.05) is 19.9 Å². The van der Waals surface area contributed by atoms with E-state index in [1.54, 1.807) is 0 Å². The van der Waals surface area contributed by atoms with Crippen molar-refractivity contribution in [1.82, 2.24) is 19.5 Å². The van der Waals surface area contributed by atoms with Crippen molar-refractivity contribution in [2.75, 3.05) is 13.1 Å². The molecule has 11 nitrogen and oxygen atoms in total. The van der Waals surface area contributed by atoms with Crippen molar-refractivity contribution in [2.45, 2.75) is 51.4 Å². The predicted octanol–water partition coefficient (Wildman–Crippen LogP) is 1.85. The minimum Gasteiger partial charge on any atom is -0.435 e. The highest BCUT2D eigenvalue weighted by Gasteiger charge is 2.55. The van der Waals surface area contributed by atoms with Crippen LogP contribution in [0.3, 0.4) is 0 Å². The number of amides is 2. The Morgan fingerprint density at radius 2 is 1.82 bits per heavy atom. The van der Waals surface area contributed by atoms with Crippen LogP contribution in [-0.2, 0) is 19.6 Å². The highest BCUT2D eigenvalue weighted by Crippen LogP contribution is 2.33. The number of Topliss-reactive ketones (excluding diaryl/α,β-unsaturated/α-hetero) is 1. The summed E-state index contributed by atoms with van der Waals surface area (Å²) in [4.78, 5) is 57.4. The van der Waals surface area contributed by atoms with Gasteiger partial charge < -0.3 is 15.0 Å². The van der Waals surface area contributed by atoms with Gasteiger partial charge in [0.2, 0.25) is 5.91 Å². The fraction of sp³-hybridized carbons (Fsp3) is 0.423. The summed E-state index contributed by atoms with van der Waals surface area (Å²) >= 11 is 0. The summed E-state index contributed by atoms with van der Waals surface area (Å²) in [6.45, 7) is 0.152. The molecule has 2 aliphatic rings.